The SMILES string of the molecule is CNCCCC(NC)C(=O)NC(C(C)=O)c1ccccc1.CNCCCC(NC)C(=O)NCC(C)=O.CNCCCCC(NC)C(=O)NC(C(C)=O)c1ccccc1.CNCCCCC(NC)C(=O)NCC(C)=O. The summed E-state index contributed by atoms with van der Waals surface area (Å²) in [7, 11) is 14.6. The minimum atomic E-state index is -0.584. The summed E-state index contributed by atoms with van der Waals surface area (Å²) in [5.74, 6) is -0.671. The fraction of sp³-hybridized carbons (Fsp3) is 0.630. The molecule has 20 heteroatoms. The van der Waals surface area contributed by atoms with Gasteiger partial charge in [-0.2, -0.15) is 0 Å². The van der Waals surface area contributed by atoms with Gasteiger partial charge in [-0.15, -0.1) is 0 Å². The van der Waals surface area contributed by atoms with Gasteiger partial charge >= 0.3 is 0 Å². The Balaban J connectivity index is 0. The highest BCUT2D eigenvalue weighted by molar-refractivity contribution is 5.91. The van der Waals surface area contributed by atoms with E-state index >= 15 is 0 Å². The molecule has 0 saturated carbocycles. The van der Waals surface area contributed by atoms with Crippen molar-refractivity contribution in [2.45, 2.75) is 128 Å². The molecule has 0 bridgehead atoms. The van der Waals surface area contributed by atoms with Gasteiger partial charge in [0.05, 0.1) is 37.3 Å². The molecular weight excluding hydrogens is 945 g/mol. The second-order valence-corrected chi connectivity index (χ2v) is 17.8. The molecule has 0 radical (unpaired) electrons. The first-order valence-corrected chi connectivity index (χ1v) is 26.0. The summed E-state index contributed by atoms with van der Waals surface area (Å²) in [6, 6.07) is 16.5. The Morgan fingerprint density at radius 2 is 0.635 bits per heavy atom. The van der Waals surface area contributed by atoms with Crippen molar-refractivity contribution in [1.29, 1.82) is 0 Å². The minimum Gasteiger partial charge on any atom is -0.348 e. The highest BCUT2D eigenvalue weighted by Crippen LogP contribution is 2.16. The lowest BCUT2D eigenvalue weighted by Crippen LogP contribution is -2.45. The molecule has 2 rings (SSSR count). The summed E-state index contributed by atoms with van der Waals surface area (Å²) in [5.41, 5.74) is 1.62. The van der Waals surface area contributed by atoms with Crippen LogP contribution in [-0.2, 0) is 38.4 Å². The number of Topliss-reactive ketones (excluding diaryl/α,β-unsaturated/α-hetero) is 4. The number of unbranched alkanes of at least 4 members (excludes halogenated alkanes) is 2. The lowest BCUT2D eigenvalue weighted by molar-refractivity contribution is -0.128. The maximum atomic E-state index is 12.4. The number of hydrogen-bond acceptors (Lipinski definition) is 16. The average Bonchev–Trinajstić information content (AvgIpc) is 3.39. The normalized spacial score (nSPS) is 12.9. The molecule has 4 amide bonds. The van der Waals surface area contributed by atoms with E-state index in [1.165, 1.54) is 27.7 Å². The van der Waals surface area contributed by atoms with Gasteiger partial charge in [0.25, 0.3) is 0 Å². The van der Waals surface area contributed by atoms with Crippen LogP contribution in [0.1, 0.15) is 115 Å². The van der Waals surface area contributed by atoms with E-state index in [-0.39, 0.29) is 84.0 Å². The first kappa shape index (κ1) is 70.8. The molecule has 0 aromatic heterocycles. The Kier molecular flexibility index (Phi) is 44.2. The lowest BCUT2D eigenvalue weighted by atomic mass is 10.0. The number of benzene rings is 2. The predicted molar refractivity (Wildman–Crippen MR) is 297 cm³/mol. The van der Waals surface area contributed by atoms with Crippen LogP contribution in [0.4, 0.5) is 0 Å². The Morgan fingerprint density at radius 3 is 0.892 bits per heavy atom. The third kappa shape index (κ3) is 35.0. The van der Waals surface area contributed by atoms with Gasteiger partial charge in [0.2, 0.25) is 23.6 Å². The largest absolute Gasteiger partial charge is 0.348 e. The quantitative estimate of drug-likeness (QED) is 0.0430. The Hall–Kier alpha value is -5.32. The number of likely N-dealkylation sites (N-methyl/N-ethyl adjacent to an activating group) is 4. The zero-order valence-corrected chi connectivity index (χ0v) is 46.8. The van der Waals surface area contributed by atoms with Crippen molar-refractivity contribution in [1.82, 2.24) is 63.8 Å². The van der Waals surface area contributed by atoms with Crippen LogP contribution in [0.2, 0.25) is 0 Å². The van der Waals surface area contributed by atoms with Gasteiger partial charge in [-0.3, -0.25) is 38.4 Å². The summed E-state index contributed by atoms with van der Waals surface area (Å²) in [4.78, 5) is 92.9. The van der Waals surface area contributed by atoms with Crippen LogP contribution in [0.25, 0.3) is 0 Å². The number of nitrogens with one attached hydrogen (secondary N) is 12. The number of amides is 4. The van der Waals surface area contributed by atoms with E-state index in [1.54, 1.807) is 28.2 Å². The minimum absolute atomic E-state index is 0.0293. The van der Waals surface area contributed by atoms with Crippen molar-refractivity contribution in [3.8, 4) is 0 Å². The Bertz CT molecular complexity index is 1840. The zero-order chi connectivity index (χ0) is 56.1. The molecule has 420 valence electrons. The van der Waals surface area contributed by atoms with Crippen LogP contribution in [-0.4, -0.2) is 167 Å². The van der Waals surface area contributed by atoms with Gasteiger partial charge in [0, 0.05) is 0 Å². The average molecular weight is 1040 g/mol. The Morgan fingerprint density at radius 1 is 0.365 bits per heavy atom. The highest BCUT2D eigenvalue weighted by Gasteiger charge is 2.25. The molecule has 0 aliphatic rings. The monoisotopic (exact) mass is 1040 g/mol. The molecule has 0 aliphatic heterocycles. The van der Waals surface area contributed by atoms with Gasteiger partial charge in [-0.25, -0.2) is 0 Å². The summed E-state index contributed by atoms with van der Waals surface area (Å²) in [5, 5.41) is 35.1. The van der Waals surface area contributed by atoms with E-state index in [2.05, 4.69) is 63.8 Å². The number of hydrogen-bond donors (Lipinski definition) is 12. The summed E-state index contributed by atoms with van der Waals surface area (Å²) >= 11 is 0. The zero-order valence-electron chi connectivity index (χ0n) is 46.8. The van der Waals surface area contributed by atoms with Gasteiger partial charge in [0.1, 0.15) is 23.7 Å². The van der Waals surface area contributed by atoms with E-state index in [9.17, 15) is 38.4 Å². The van der Waals surface area contributed by atoms with Crippen molar-refractivity contribution in [2.75, 3.05) is 95.6 Å². The molecule has 6 atom stereocenters. The van der Waals surface area contributed by atoms with E-state index in [1.807, 2.05) is 88.9 Å². The van der Waals surface area contributed by atoms with Crippen molar-refractivity contribution >= 4 is 46.8 Å². The van der Waals surface area contributed by atoms with Crippen LogP contribution < -0.4 is 63.8 Å². The fourth-order valence-corrected chi connectivity index (χ4v) is 7.18. The molecule has 12 N–H and O–H groups in total. The number of carbonyl (C=O) groups is 8. The first-order valence-electron chi connectivity index (χ1n) is 26.0. The molecule has 0 aliphatic carbocycles. The summed E-state index contributed by atoms with van der Waals surface area (Å²) in [6.07, 6.45) is 8.87. The topological polar surface area (TPSA) is 281 Å². The Labute approximate surface area is 443 Å². The van der Waals surface area contributed by atoms with Gasteiger partial charge in [0.15, 0.2) is 11.6 Å². The highest BCUT2D eigenvalue weighted by atomic mass is 16.2. The predicted octanol–water partition coefficient (Wildman–Crippen LogP) is 1.38. The molecule has 2 aromatic rings. The van der Waals surface area contributed by atoms with Crippen molar-refractivity contribution in [3.63, 3.8) is 0 Å². The van der Waals surface area contributed by atoms with Crippen molar-refractivity contribution < 1.29 is 38.4 Å². The smallest absolute Gasteiger partial charge is 0.237 e. The third-order valence-electron chi connectivity index (χ3n) is 11.5. The van der Waals surface area contributed by atoms with Crippen molar-refractivity contribution in [2.24, 2.45) is 0 Å². The molecule has 0 fully saturated rings. The molecule has 6 unspecified atom stereocenters. The maximum absolute atomic E-state index is 12.4. The molecule has 74 heavy (non-hydrogen) atoms. The van der Waals surface area contributed by atoms with Crippen LogP contribution in [0.15, 0.2) is 60.7 Å². The van der Waals surface area contributed by atoms with Crippen LogP contribution >= 0.6 is 0 Å². The van der Waals surface area contributed by atoms with Crippen molar-refractivity contribution in [3.05, 3.63) is 71.8 Å². The van der Waals surface area contributed by atoms with E-state index in [0.29, 0.717) is 0 Å². The second-order valence-electron chi connectivity index (χ2n) is 17.8. The molecule has 2 aromatic carbocycles. The van der Waals surface area contributed by atoms with Gasteiger partial charge in [-0.05, 0) is 173 Å². The number of ketones is 4. The summed E-state index contributed by atoms with van der Waals surface area (Å²) < 4.78 is 0. The standard InChI is InChI=1S/C17H27N3O2.C16H25N3O2.C11H23N3O2.C10H21N3O2/c1-13(21)16(14-9-5-4-6-10-14)20-17(22)15(19-3)11-7-8-12-18-2;1-12(20)15(13-8-5-4-6-9-13)19-16(21)14(18-3)10-7-11-17-2;1-9(15)8-14-11(16)10(13-3)6-4-5-7-12-2;1-8(14)7-13-10(15)9(12-3)5-4-6-11-2/h4-6,9-10,15-16,18-19H,7-8,11-12H2,1-3H3,(H,20,22);4-6,8-9,14-15,17-18H,7,10-11H2,1-3H3,(H,19,21);10,12-13H,4-8H2,1-3H3,(H,14,16);9,11-12H,4-7H2,1-3H3,(H,13,15). The molecule has 0 heterocycles. The molecule has 0 spiro atoms. The first-order chi connectivity index (χ1) is 35.4. The van der Waals surface area contributed by atoms with Gasteiger partial charge in [-0.1, -0.05) is 73.5 Å². The van der Waals surface area contributed by atoms with Gasteiger partial charge < -0.3 is 63.8 Å². The maximum Gasteiger partial charge on any atom is 0.237 e. The van der Waals surface area contributed by atoms with E-state index < -0.39 is 12.1 Å². The van der Waals surface area contributed by atoms with Crippen LogP contribution in [0.3, 0.4) is 0 Å². The second kappa shape index (κ2) is 46.2. The number of rotatable bonds is 36. The lowest BCUT2D eigenvalue weighted by Gasteiger charge is -2.21. The fourth-order valence-electron chi connectivity index (χ4n) is 7.18. The van der Waals surface area contributed by atoms with Crippen LogP contribution in [0.5, 0.6) is 0 Å². The number of carbonyl (C=O) groups excluding carboxylic acids is 8. The van der Waals surface area contributed by atoms with E-state index in [0.717, 1.165) is 102 Å². The molecule has 20 nitrogen and oxygen atoms in total. The third-order valence-corrected chi connectivity index (χ3v) is 11.5. The molecule has 0 saturated heterocycles. The van der Waals surface area contributed by atoms with E-state index in [4.69, 9.17) is 0 Å². The summed E-state index contributed by atoms with van der Waals surface area (Å²) in [6.45, 7) is 9.79. The van der Waals surface area contributed by atoms with Crippen LogP contribution in [0, 0.1) is 0 Å². The molecular formula is C54H96N12O8.